The number of rotatable bonds is 2. The van der Waals surface area contributed by atoms with Crippen molar-refractivity contribution in [1.82, 2.24) is 0 Å². The van der Waals surface area contributed by atoms with Crippen molar-refractivity contribution in [2.45, 2.75) is 5.75 Å². The zero-order valence-electron chi connectivity index (χ0n) is 6.80. The summed E-state index contributed by atoms with van der Waals surface area (Å²) in [4.78, 5) is 0. The van der Waals surface area contributed by atoms with Gasteiger partial charge in [0.15, 0.2) is 0 Å². The summed E-state index contributed by atoms with van der Waals surface area (Å²) in [7, 11) is -3.62. The van der Waals surface area contributed by atoms with E-state index in [0.29, 0.717) is 9.13 Å². The molecule has 0 saturated heterocycles. The van der Waals surface area contributed by atoms with Crippen molar-refractivity contribution in [1.29, 1.82) is 0 Å². The first-order chi connectivity index (χ1) is 6.29. The number of primary sulfonamides is 1. The zero-order valence-corrected chi connectivity index (χ0v) is 10.5. The molecule has 0 aliphatic rings. The molecule has 0 atom stereocenters. The van der Waals surface area contributed by atoms with Crippen LogP contribution in [0.25, 0.3) is 0 Å². The lowest BCUT2D eigenvalue weighted by molar-refractivity contribution is 0.596. The van der Waals surface area contributed by atoms with Gasteiger partial charge in [-0.3, -0.25) is 0 Å². The Morgan fingerprint density at radius 1 is 1.50 bits per heavy atom. The predicted octanol–water partition coefficient (Wildman–Crippen LogP) is 1.87. The third-order valence-corrected chi connectivity index (χ3v) is 3.45. The minimum absolute atomic E-state index is 0.107. The molecule has 0 radical (unpaired) electrons. The summed E-state index contributed by atoms with van der Waals surface area (Å²) in [5.74, 6) is -0.917. The van der Waals surface area contributed by atoms with Gasteiger partial charge in [0.05, 0.1) is 10.8 Å². The standard InChI is InChI=1S/C7H6ClFINO2S/c8-5-1-4(3-14(11,12)13)7(10)2-6(5)9/h1-2H,3H2,(H2,11,12,13). The highest BCUT2D eigenvalue weighted by Gasteiger charge is 2.11. The Bertz CT molecular complexity index is 463. The van der Waals surface area contributed by atoms with E-state index in [0.717, 1.165) is 0 Å². The van der Waals surface area contributed by atoms with E-state index in [1.165, 1.54) is 12.1 Å². The van der Waals surface area contributed by atoms with Crippen molar-refractivity contribution in [3.8, 4) is 0 Å². The quantitative estimate of drug-likeness (QED) is 0.654. The second-order valence-electron chi connectivity index (χ2n) is 2.66. The minimum atomic E-state index is -3.62. The van der Waals surface area contributed by atoms with Crippen molar-refractivity contribution >= 4 is 44.2 Å². The van der Waals surface area contributed by atoms with E-state index in [1.807, 2.05) is 22.6 Å². The molecule has 0 bridgehead atoms. The monoisotopic (exact) mass is 349 g/mol. The summed E-state index contributed by atoms with van der Waals surface area (Å²) < 4.78 is 34.9. The van der Waals surface area contributed by atoms with Crippen LogP contribution in [0.2, 0.25) is 5.02 Å². The second-order valence-corrected chi connectivity index (χ2v) is 5.85. The van der Waals surface area contributed by atoms with Gasteiger partial charge in [-0.15, -0.1) is 0 Å². The molecule has 1 rings (SSSR count). The molecule has 7 heteroatoms. The van der Waals surface area contributed by atoms with Crippen LogP contribution in [0.3, 0.4) is 0 Å². The zero-order chi connectivity index (χ0) is 10.9. The third-order valence-electron chi connectivity index (χ3n) is 1.45. The summed E-state index contributed by atoms with van der Waals surface area (Å²) in [5, 5.41) is 4.75. The van der Waals surface area contributed by atoms with Crippen molar-refractivity contribution < 1.29 is 12.8 Å². The molecule has 3 nitrogen and oxygen atoms in total. The number of benzene rings is 1. The molecule has 0 amide bonds. The highest BCUT2D eigenvalue weighted by atomic mass is 127. The average molecular weight is 350 g/mol. The molecule has 1 aromatic carbocycles. The molecule has 0 unspecified atom stereocenters. The van der Waals surface area contributed by atoms with E-state index in [1.54, 1.807) is 0 Å². The van der Waals surface area contributed by atoms with Gasteiger partial charge in [-0.25, -0.2) is 17.9 Å². The number of halogens is 3. The lowest BCUT2D eigenvalue weighted by atomic mass is 10.2. The van der Waals surface area contributed by atoms with Gasteiger partial charge in [0, 0.05) is 3.57 Å². The van der Waals surface area contributed by atoms with Crippen molar-refractivity contribution in [3.05, 3.63) is 32.1 Å². The van der Waals surface area contributed by atoms with E-state index < -0.39 is 15.8 Å². The molecule has 0 saturated carbocycles. The van der Waals surface area contributed by atoms with Crippen LogP contribution in [0.5, 0.6) is 0 Å². The molecule has 0 aromatic heterocycles. The van der Waals surface area contributed by atoms with Gasteiger partial charge < -0.3 is 0 Å². The third kappa shape index (κ3) is 3.34. The molecule has 0 heterocycles. The van der Waals surface area contributed by atoms with Gasteiger partial charge in [0.2, 0.25) is 10.0 Å². The summed E-state index contributed by atoms with van der Waals surface area (Å²) in [6, 6.07) is 2.44. The first-order valence-corrected chi connectivity index (χ1v) is 6.61. The van der Waals surface area contributed by atoms with Crippen LogP contribution in [0, 0.1) is 9.39 Å². The van der Waals surface area contributed by atoms with Crippen LogP contribution in [-0.2, 0) is 15.8 Å². The van der Waals surface area contributed by atoms with Gasteiger partial charge in [-0.1, -0.05) is 11.6 Å². The molecule has 2 N–H and O–H groups in total. The van der Waals surface area contributed by atoms with Gasteiger partial charge in [0.25, 0.3) is 0 Å². The highest BCUT2D eigenvalue weighted by molar-refractivity contribution is 14.1. The summed E-state index contributed by atoms with van der Waals surface area (Å²) in [5.41, 5.74) is 0.402. The molecule has 78 valence electrons. The molecular weight excluding hydrogens is 344 g/mol. The fourth-order valence-corrected chi connectivity index (χ4v) is 2.63. The Hall–Kier alpha value is 0.0800. The second kappa shape index (κ2) is 4.30. The van der Waals surface area contributed by atoms with Crippen molar-refractivity contribution in [2.75, 3.05) is 0 Å². The molecule has 1 aromatic rings. The van der Waals surface area contributed by atoms with Crippen molar-refractivity contribution in [2.24, 2.45) is 5.14 Å². The fraction of sp³-hybridized carbons (Fsp3) is 0.143. The first kappa shape index (κ1) is 12.2. The van der Waals surface area contributed by atoms with Crippen LogP contribution < -0.4 is 5.14 Å². The van der Waals surface area contributed by atoms with Crippen LogP contribution in [0.4, 0.5) is 4.39 Å². The molecular formula is C7H6ClFINO2S. The lowest BCUT2D eigenvalue weighted by Gasteiger charge is -2.04. The summed E-state index contributed by atoms with van der Waals surface area (Å²) in [6.45, 7) is 0. The normalized spacial score (nSPS) is 11.7. The Balaban J connectivity index is 3.17. The Labute approximate surface area is 99.6 Å². The van der Waals surface area contributed by atoms with Gasteiger partial charge in [-0.05, 0) is 40.3 Å². The molecule has 0 aliphatic carbocycles. The van der Waals surface area contributed by atoms with E-state index in [4.69, 9.17) is 16.7 Å². The van der Waals surface area contributed by atoms with Crippen LogP contribution in [-0.4, -0.2) is 8.42 Å². The predicted molar refractivity (Wildman–Crippen MR) is 60.9 cm³/mol. The van der Waals surface area contributed by atoms with Crippen molar-refractivity contribution in [3.63, 3.8) is 0 Å². The SMILES string of the molecule is NS(=O)(=O)Cc1cc(Cl)c(F)cc1I. The summed E-state index contributed by atoms with van der Waals surface area (Å²) in [6.07, 6.45) is 0. The number of hydrogen-bond donors (Lipinski definition) is 1. The molecule has 14 heavy (non-hydrogen) atoms. The van der Waals surface area contributed by atoms with Gasteiger partial charge in [0.1, 0.15) is 5.82 Å². The Morgan fingerprint density at radius 3 is 2.57 bits per heavy atom. The van der Waals surface area contributed by atoms with Crippen LogP contribution in [0.15, 0.2) is 12.1 Å². The molecule has 0 aliphatic heterocycles. The van der Waals surface area contributed by atoms with E-state index in [2.05, 4.69) is 0 Å². The largest absolute Gasteiger partial charge is 0.228 e. The number of hydrogen-bond acceptors (Lipinski definition) is 2. The van der Waals surface area contributed by atoms with E-state index in [9.17, 15) is 12.8 Å². The maximum Gasteiger partial charge on any atom is 0.213 e. The van der Waals surface area contributed by atoms with Gasteiger partial charge in [-0.2, -0.15) is 0 Å². The maximum absolute atomic E-state index is 12.9. The number of nitrogens with two attached hydrogens (primary N) is 1. The highest BCUT2D eigenvalue weighted by Crippen LogP contribution is 2.22. The average Bonchev–Trinajstić information content (AvgIpc) is 1.97. The smallest absolute Gasteiger partial charge is 0.213 e. The topological polar surface area (TPSA) is 60.2 Å². The van der Waals surface area contributed by atoms with E-state index in [-0.39, 0.29) is 10.8 Å². The van der Waals surface area contributed by atoms with Crippen LogP contribution in [0.1, 0.15) is 5.56 Å². The van der Waals surface area contributed by atoms with Gasteiger partial charge >= 0.3 is 0 Å². The van der Waals surface area contributed by atoms with E-state index >= 15 is 0 Å². The Morgan fingerprint density at radius 2 is 2.07 bits per heavy atom. The maximum atomic E-state index is 12.9. The van der Waals surface area contributed by atoms with Crippen LogP contribution >= 0.6 is 34.2 Å². The minimum Gasteiger partial charge on any atom is -0.228 e. The number of sulfonamides is 1. The molecule has 0 spiro atoms. The fourth-order valence-electron chi connectivity index (χ4n) is 0.891. The molecule has 0 fully saturated rings. The summed E-state index contributed by atoms with van der Waals surface area (Å²) >= 11 is 7.32. The lowest BCUT2D eigenvalue weighted by Crippen LogP contribution is -2.15. The Kier molecular flexibility index (Phi) is 3.73. The first-order valence-electron chi connectivity index (χ1n) is 3.43.